The van der Waals surface area contributed by atoms with Gasteiger partial charge in [0.05, 0.1) is 0 Å². The van der Waals surface area contributed by atoms with Gasteiger partial charge in [-0.2, -0.15) is 0 Å². The maximum atomic E-state index is 3.78. The van der Waals surface area contributed by atoms with Crippen LogP contribution in [-0.2, 0) is 0 Å². The minimum absolute atomic E-state index is 0.365. The molecule has 0 rings (SSSR count). The summed E-state index contributed by atoms with van der Waals surface area (Å²) < 4.78 is 0. The third-order valence-corrected chi connectivity index (χ3v) is 2.50. The van der Waals surface area contributed by atoms with Gasteiger partial charge in [-0.3, -0.25) is 0 Å². The molecule has 0 heterocycles. The van der Waals surface area contributed by atoms with Crippen molar-refractivity contribution in [1.29, 1.82) is 0 Å². The Morgan fingerprint density at radius 1 is 0.783 bits per heavy atom. The van der Waals surface area contributed by atoms with Crippen LogP contribution in [0.3, 0.4) is 0 Å². The fourth-order valence-electron chi connectivity index (χ4n) is 1.43. The first-order valence-electron chi connectivity index (χ1n) is 8.41. The largest absolute Gasteiger partial charge is 0.102 e. The van der Waals surface area contributed by atoms with Gasteiger partial charge in [0.15, 0.2) is 0 Å². The van der Waals surface area contributed by atoms with Gasteiger partial charge in [-0.1, -0.05) is 115 Å². The molecule has 23 heavy (non-hydrogen) atoms. The molecule has 0 spiro atoms. The third-order valence-electron chi connectivity index (χ3n) is 2.50. The lowest BCUT2D eigenvalue weighted by atomic mass is 10.0. The zero-order valence-corrected chi connectivity index (χ0v) is 15.9. The quantitative estimate of drug-likeness (QED) is 0.301. The van der Waals surface area contributed by atoms with Crippen molar-refractivity contribution in [2.75, 3.05) is 0 Å². The van der Waals surface area contributed by atoms with E-state index >= 15 is 0 Å². The van der Waals surface area contributed by atoms with Gasteiger partial charge in [-0.15, -0.1) is 6.58 Å². The molecule has 0 heteroatoms. The molecule has 0 saturated heterocycles. The highest BCUT2D eigenvalue weighted by molar-refractivity contribution is 5.35. The second kappa shape index (κ2) is 22.2. The summed E-state index contributed by atoms with van der Waals surface area (Å²) in [7, 11) is 0. The number of rotatable bonds is 9. The van der Waals surface area contributed by atoms with Crippen LogP contribution in [-0.4, -0.2) is 0 Å². The van der Waals surface area contributed by atoms with E-state index in [1.54, 1.807) is 18.2 Å². The van der Waals surface area contributed by atoms with Crippen LogP contribution in [0.2, 0.25) is 0 Å². The Bertz CT molecular complexity index is 425. The SMILES string of the molecule is C=C/C=C\C(=C/C=C)CC(/C=C\C(C)C=C)=C/C=C.CC.CC. The van der Waals surface area contributed by atoms with Crippen LogP contribution in [0.1, 0.15) is 41.0 Å². The molecule has 128 valence electrons. The lowest BCUT2D eigenvalue weighted by Gasteiger charge is -2.04. The molecule has 1 unspecified atom stereocenters. The third kappa shape index (κ3) is 17.9. The van der Waals surface area contributed by atoms with E-state index < -0.39 is 0 Å². The molecular weight excluding hydrogens is 276 g/mol. The highest BCUT2D eigenvalue weighted by Gasteiger charge is 1.97. The Labute approximate surface area is 145 Å². The van der Waals surface area contributed by atoms with Gasteiger partial charge < -0.3 is 0 Å². The second-order valence-corrected chi connectivity index (χ2v) is 4.18. The molecular formula is C23H36. The molecule has 0 bridgehead atoms. The molecule has 0 saturated carbocycles. The van der Waals surface area contributed by atoms with Crippen LogP contribution in [0.5, 0.6) is 0 Å². The van der Waals surface area contributed by atoms with Crippen molar-refractivity contribution in [2.24, 2.45) is 5.92 Å². The van der Waals surface area contributed by atoms with E-state index in [1.807, 2.05) is 58.1 Å². The highest BCUT2D eigenvalue weighted by atomic mass is 14.0. The van der Waals surface area contributed by atoms with Crippen molar-refractivity contribution in [3.63, 3.8) is 0 Å². The fraction of sp³-hybridized carbons (Fsp3) is 0.304. The normalized spacial score (nSPS) is 12.6. The van der Waals surface area contributed by atoms with Crippen LogP contribution in [0.15, 0.2) is 98.2 Å². The lowest BCUT2D eigenvalue weighted by molar-refractivity contribution is 0.940. The molecule has 0 N–H and O–H groups in total. The minimum atomic E-state index is 0.365. The summed E-state index contributed by atoms with van der Waals surface area (Å²) in [5.74, 6) is 0.365. The summed E-state index contributed by atoms with van der Waals surface area (Å²) in [6.45, 7) is 25.1. The van der Waals surface area contributed by atoms with Crippen LogP contribution in [0.25, 0.3) is 0 Å². The molecule has 0 amide bonds. The molecule has 0 nitrogen and oxygen atoms in total. The molecule has 0 aliphatic heterocycles. The summed E-state index contributed by atoms with van der Waals surface area (Å²) in [5.41, 5.74) is 2.38. The van der Waals surface area contributed by atoms with Gasteiger partial charge in [0, 0.05) is 0 Å². The van der Waals surface area contributed by atoms with Gasteiger partial charge in [-0.25, -0.2) is 0 Å². The summed E-state index contributed by atoms with van der Waals surface area (Å²) in [5, 5.41) is 0. The minimum Gasteiger partial charge on any atom is -0.102 e. The Kier molecular flexibility index (Phi) is 25.0. The molecule has 0 aliphatic carbocycles. The van der Waals surface area contributed by atoms with Crippen LogP contribution in [0, 0.1) is 5.92 Å². The molecule has 0 fully saturated rings. The van der Waals surface area contributed by atoms with Crippen LogP contribution < -0.4 is 0 Å². The van der Waals surface area contributed by atoms with E-state index in [0.717, 1.165) is 6.42 Å². The zero-order valence-electron chi connectivity index (χ0n) is 15.9. The predicted octanol–water partition coefficient (Wildman–Crippen LogP) is 7.77. The van der Waals surface area contributed by atoms with Gasteiger partial charge in [0.1, 0.15) is 0 Å². The van der Waals surface area contributed by atoms with Crippen molar-refractivity contribution in [1.82, 2.24) is 0 Å². The summed E-state index contributed by atoms with van der Waals surface area (Å²) in [6.07, 6.45) is 20.4. The van der Waals surface area contributed by atoms with E-state index in [-0.39, 0.29) is 0 Å². The van der Waals surface area contributed by atoms with Crippen molar-refractivity contribution in [2.45, 2.75) is 41.0 Å². The van der Waals surface area contributed by atoms with Crippen LogP contribution in [0.4, 0.5) is 0 Å². The summed E-state index contributed by atoms with van der Waals surface area (Å²) in [4.78, 5) is 0. The smallest absolute Gasteiger partial charge is 0.00259 e. The van der Waals surface area contributed by atoms with Gasteiger partial charge >= 0.3 is 0 Å². The van der Waals surface area contributed by atoms with Gasteiger partial charge in [0.2, 0.25) is 0 Å². The predicted molar refractivity (Wildman–Crippen MR) is 112 cm³/mol. The molecule has 0 aromatic heterocycles. The number of hydrogen-bond donors (Lipinski definition) is 0. The average Bonchev–Trinajstić information content (AvgIpc) is 2.61. The van der Waals surface area contributed by atoms with Gasteiger partial charge in [-0.05, 0) is 23.5 Å². The summed E-state index contributed by atoms with van der Waals surface area (Å²) >= 11 is 0. The second-order valence-electron chi connectivity index (χ2n) is 4.18. The molecule has 0 aromatic rings. The maximum Gasteiger partial charge on any atom is -0.00259 e. The zero-order chi connectivity index (χ0) is 18.5. The van der Waals surface area contributed by atoms with E-state index in [2.05, 4.69) is 45.4 Å². The molecule has 1 atom stereocenters. The van der Waals surface area contributed by atoms with Crippen molar-refractivity contribution < 1.29 is 0 Å². The average molecular weight is 313 g/mol. The van der Waals surface area contributed by atoms with Crippen LogP contribution >= 0.6 is 0 Å². The molecule has 0 aromatic carbocycles. The first kappa shape index (κ1) is 25.9. The van der Waals surface area contributed by atoms with E-state index in [0.29, 0.717) is 5.92 Å². The maximum absolute atomic E-state index is 3.78. The van der Waals surface area contributed by atoms with E-state index in [4.69, 9.17) is 0 Å². The topological polar surface area (TPSA) is 0 Å². The van der Waals surface area contributed by atoms with Gasteiger partial charge in [0.25, 0.3) is 0 Å². The van der Waals surface area contributed by atoms with Crippen molar-refractivity contribution in [3.8, 4) is 0 Å². The monoisotopic (exact) mass is 312 g/mol. The van der Waals surface area contributed by atoms with E-state index in [9.17, 15) is 0 Å². The number of allylic oxidation sites excluding steroid dienone is 12. The van der Waals surface area contributed by atoms with Crippen molar-refractivity contribution in [3.05, 3.63) is 98.2 Å². The standard InChI is InChI=1S/C19H24.2C2H6/c1-6-10-13-18(11-7-2)16-19(12-8-3)15-14-17(5)9-4;2*1-2/h6-15,17H,1-4,16H2,5H3;2*1-2H3/b13-10-,15-14-,18-11+,19-12+;;. The fourth-order valence-corrected chi connectivity index (χ4v) is 1.43. The number of hydrogen-bond acceptors (Lipinski definition) is 0. The Balaban J connectivity index is -0.000000919. The van der Waals surface area contributed by atoms with E-state index in [1.165, 1.54) is 11.1 Å². The first-order chi connectivity index (χ1) is 11.2. The summed E-state index contributed by atoms with van der Waals surface area (Å²) in [6, 6.07) is 0. The Morgan fingerprint density at radius 3 is 1.65 bits per heavy atom. The lowest BCUT2D eigenvalue weighted by Crippen LogP contribution is -1.86. The Hall–Kier alpha value is -2.08. The Morgan fingerprint density at radius 2 is 1.26 bits per heavy atom. The first-order valence-corrected chi connectivity index (χ1v) is 8.41. The molecule has 0 aliphatic rings. The van der Waals surface area contributed by atoms with Crippen molar-refractivity contribution >= 4 is 0 Å². The highest BCUT2D eigenvalue weighted by Crippen LogP contribution is 2.15. The molecule has 0 radical (unpaired) electrons.